The van der Waals surface area contributed by atoms with Crippen LogP contribution < -0.4 is 0 Å². The van der Waals surface area contributed by atoms with E-state index in [1.165, 1.54) is 24.3 Å². The molecular formula is C46H50O23. The number of carboxylic acids is 1. The van der Waals surface area contributed by atoms with Crippen LogP contribution in [-0.2, 0) is 55.6 Å². The highest BCUT2D eigenvalue weighted by Gasteiger charge is 2.51. The van der Waals surface area contributed by atoms with E-state index in [9.17, 15) is 85.9 Å². The molecule has 372 valence electrons. The number of ether oxygens (including phenoxy) is 6. The van der Waals surface area contributed by atoms with Crippen molar-refractivity contribution in [3.63, 3.8) is 0 Å². The predicted octanol–water partition coefficient (Wildman–Crippen LogP) is 0.179. The molecule has 14 N–H and O–H groups in total. The molecule has 69 heavy (non-hydrogen) atoms. The maximum Gasteiger partial charge on any atom is 0.345 e. The van der Waals surface area contributed by atoms with E-state index in [2.05, 4.69) is 0 Å². The summed E-state index contributed by atoms with van der Waals surface area (Å²) < 4.78 is 33.8. The second-order valence-corrected chi connectivity index (χ2v) is 16.1. The SMILES string of the molecule is O=C(/C=C/c1ccc(O)c(O)c1)O[C@H]1[C@H](O[C@@H]2OC[C@@H](O)[C@H](O)[C@H]2O)[C@@H](O)[C@H](OCCc2cc(O)c(O)cc2[C@H](CC(=O)O[C@H](Cc2ccc(O)c(O)c2)C(=O)O)c2ccc(O)c(O)c2)O[C@@H]1CO. The zero-order valence-electron chi connectivity index (χ0n) is 36.0. The standard InChI is InChI=1S/C46H50O23/c47-18-36-42(68-37(57)8-3-20-1-5-26(48)29(51)11-20)43(69-45-40(60)39(59)34(56)19-65-45)41(61)46(67-36)64-10-9-23-15-32(54)33(55)16-24(23)25(22-4-7-28(50)31(53)14-22)17-38(58)66-35(44(62)63)13-21-2-6-27(49)30(52)12-21/h1-8,11-12,14-16,25,34-36,39-43,45-56,59-61H,9-10,13,17-19H2,(H,62,63)/b8-3+/t25-,34-,35-,36-,39+,40-,41-,42-,43-,45+,46-/m1/s1. The van der Waals surface area contributed by atoms with E-state index in [0.29, 0.717) is 0 Å². The molecule has 2 aliphatic rings. The molecule has 2 aliphatic heterocycles. The van der Waals surface area contributed by atoms with E-state index >= 15 is 0 Å². The molecule has 0 unspecified atom stereocenters. The van der Waals surface area contributed by atoms with Crippen molar-refractivity contribution in [1.82, 2.24) is 0 Å². The molecule has 23 nitrogen and oxygen atoms in total. The summed E-state index contributed by atoms with van der Waals surface area (Å²) in [5.74, 6) is -9.40. The quantitative estimate of drug-likeness (QED) is 0.0359. The number of aliphatic carboxylic acids is 1. The molecule has 23 heteroatoms. The molecule has 0 radical (unpaired) electrons. The minimum atomic E-state index is -1.95. The van der Waals surface area contributed by atoms with Crippen molar-refractivity contribution in [3.05, 3.63) is 101 Å². The largest absolute Gasteiger partial charge is 0.504 e. The fourth-order valence-corrected chi connectivity index (χ4v) is 7.60. The third-order valence-electron chi connectivity index (χ3n) is 11.3. The van der Waals surface area contributed by atoms with E-state index in [1.807, 2.05) is 0 Å². The van der Waals surface area contributed by atoms with Crippen molar-refractivity contribution >= 4 is 24.0 Å². The van der Waals surface area contributed by atoms with E-state index in [1.54, 1.807) is 0 Å². The van der Waals surface area contributed by atoms with Crippen molar-refractivity contribution in [3.8, 4) is 46.0 Å². The zero-order chi connectivity index (χ0) is 50.3. The summed E-state index contributed by atoms with van der Waals surface area (Å²) in [6.07, 6.45) is -16.7. The number of aliphatic hydroxyl groups excluding tert-OH is 5. The average molecular weight is 971 g/mol. The van der Waals surface area contributed by atoms with Gasteiger partial charge in [-0.25, -0.2) is 9.59 Å². The van der Waals surface area contributed by atoms with Crippen molar-refractivity contribution in [1.29, 1.82) is 0 Å². The van der Waals surface area contributed by atoms with Crippen LogP contribution >= 0.6 is 0 Å². The van der Waals surface area contributed by atoms with Crippen LogP contribution in [0.15, 0.2) is 72.8 Å². The Labute approximate surface area is 390 Å². The summed E-state index contributed by atoms with van der Waals surface area (Å²) in [6, 6.07) is 12.9. The van der Waals surface area contributed by atoms with Gasteiger partial charge in [0, 0.05) is 18.4 Å². The molecule has 2 heterocycles. The minimum Gasteiger partial charge on any atom is -0.504 e. The summed E-state index contributed by atoms with van der Waals surface area (Å²) in [6.45, 7) is -1.88. The zero-order valence-corrected chi connectivity index (χ0v) is 36.0. The number of carbonyl (C=O) groups excluding carboxylic acids is 2. The van der Waals surface area contributed by atoms with Crippen LogP contribution in [0.4, 0.5) is 0 Å². The molecule has 2 saturated heterocycles. The van der Waals surface area contributed by atoms with Gasteiger partial charge in [-0.15, -0.1) is 0 Å². The van der Waals surface area contributed by atoms with Crippen molar-refractivity contribution in [2.24, 2.45) is 0 Å². The van der Waals surface area contributed by atoms with Crippen molar-refractivity contribution < 1.29 is 114 Å². The minimum absolute atomic E-state index is 0.0811. The molecule has 0 amide bonds. The Morgan fingerprint density at radius 2 is 1.35 bits per heavy atom. The Hall–Kier alpha value is -6.93. The number of carboxylic acid groups (broad SMARTS) is 1. The Bertz CT molecular complexity index is 2490. The topological polar surface area (TPSA) is 390 Å². The first kappa shape index (κ1) is 51.5. The number of carbonyl (C=O) groups is 3. The van der Waals surface area contributed by atoms with Gasteiger partial charge in [-0.3, -0.25) is 4.79 Å². The normalized spacial score (nSPS) is 24.6. The molecule has 0 spiro atoms. The van der Waals surface area contributed by atoms with Crippen LogP contribution in [0.1, 0.15) is 40.2 Å². The van der Waals surface area contributed by atoms with Gasteiger partial charge in [0.25, 0.3) is 0 Å². The summed E-state index contributed by atoms with van der Waals surface area (Å²) in [4.78, 5) is 38.9. The molecule has 2 fully saturated rings. The van der Waals surface area contributed by atoms with Gasteiger partial charge in [0.05, 0.1) is 26.2 Å². The predicted molar refractivity (Wildman–Crippen MR) is 230 cm³/mol. The highest BCUT2D eigenvalue weighted by molar-refractivity contribution is 5.87. The summed E-state index contributed by atoms with van der Waals surface area (Å²) in [5, 5.41) is 144. The molecule has 0 bridgehead atoms. The first-order valence-electron chi connectivity index (χ1n) is 21.0. The maximum absolute atomic E-state index is 13.6. The number of benzene rings is 4. The van der Waals surface area contributed by atoms with Crippen molar-refractivity contribution in [2.75, 3.05) is 19.8 Å². The van der Waals surface area contributed by atoms with Crippen LogP contribution in [0, 0.1) is 0 Å². The van der Waals surface area contributed by atoms with Crippen LogP contribution in [0.5, 0.6) is 46.0 Å². The lowest BCUT2D eigenvalue weighted by Gasteiger charge is -2.45. The molecule has 11 atom stereocenters. The third kappa shape index (κ3) is 12.6. The van der Waals surface area contributed by atoms with Crippen LogP contribution in [0.25, 0.3) is 6.08 Å². The first-order chi connectivity index (χ1) is 32.7. The van der Waals surface area contributed by atoms with E-state index in [4.69, 9.17) is 28.4 Å². The molecule has 4 aromatic rings. The van der Waals surface area contributed by atoms with Crippen molar-refractivity contribution in [2.45, 2.75) is 86.6 Å². The Morgan fingerprint density at radius 1 is 0.710 bits per heavy atom. The lowest BCUT2D eigenvalue weighted by molar-refractivity contribution is -0.349. The van der Waals surface area contributed by atoms with Gasteiger partial charge in [-0.2, -0.15) is 0 Å². The Balaban J connectivity index is 1.24. The molecule has 0 aliphatic carbocycles. The van der Waals surface area contributed by atoms with Gasteiger partial charge in [-0.05, 0) is 88.8 Å². The highest BCUT2D eigenvalue weighted by atomic mass is 16.7. The lowest BCUT2D eigenvalue weighted by atomic mass is 9.84. The number of aromatic hydroxyl groups is 8. The van der Waals surface area contributed by atoms with Gasteiger partial charge in [0.2, 0.25) is 6.10 Å². The smallest absolute Gasteiger partial charge is 0.345 e. The van der Waals surface area contributed by atoms with Crippen LogP contribution in [-0.4, -0.2) is 171 Å². The molecule has 0 aromatic heterocycles. The third-order valence-corrected chi connectivity index (χ3v) is 11.3. The Morgan fingerprint density at radius 3 is 2.00 bits per heavy atom. The second kappa shape index (κ2) is 22.5. The molecule has 0 saturated carbocycles. The Kier molecular flexibility index (Phi) is 16.7. The monoisotopic (exact) mass is 970 g/mol. The summed E-state index contributed by atoms with van der Waals surface area (Å²) >= 11 is 0. The van der Waals surface area contributed by atoms with E-state index < -0.39 is 164 Å². The highest BCUT2D eigenvalue weighted by Crippen LogP contribution is 2.40. The van der Waals surface area contributed by atoms with Gasteiger partial charge < -0.3 is 99.9 Å². The first-order valence-corrected chi connectivity index (χ1v) is 21.0. The van der Waals surface area contributed by atoms with E-state index in [-0.39, 0.29) is 34.2 Å². The van der Waals surface area contributed by atoms with Crippen LogP contribution in [0.3, 0.4) is 0 Å². The fraction of sp³-hybridized carbons (Fsp3) is 0.370. The summed E-state index contributed by atoms with van der Waals surface area (Å²) in [7, 11) is 0. The number of phenolic OH excluding ortho intramolecular Hbond substituents is 8. The van der Waals surface area contributed by atoms with Gasteiger partial charge in [0.15, 0.2) is 64.7 Å². The number of phenols is 8. The fourth-order valence-electron chi connectivity index (χ4n) is 7.60. The maximum atomic E-state index is 13.6. The number of rotatable bonds is 18. The van der Waals surface area contributed by atoms with Crippen LogP contribution in [0.2, 0.25) is 0 Å². The molecular weight excluding hydrogens is 920 g/mol. The van der Waals surface area contributed by atoms with Gasteiger partial charge in [-0.1, -0.05) is 18.2 Å². The number of esters is 2. The number of aliphatic hydroxyl groups is 5. The average Bonchev–Trinajstić information content (AvgIpc) is 3.30. The molecule has 4 aromatic carbocycles. The number of hydrogen-bond acceptors (Lipinski definition) is 22. The summed E-state index contributed by atoms with van der Waals surface area (Å²) in [5.41, 5.74) is 0.792. The lowest BCUT2D eigenvalue weighted by Crippen LogP contribution is -2.64. The molecule has 6 rings (SSSR count). The second-order valence-electron chi connectivity index (χ2n) is 16.1. The van der Waals surface area contributed by atoms with Gasteiger partial charge in [0.1, 0.15) is 36.6 Å². The number of hydrogen-bond donors (Lipinski definition) is 14. The van der Waals surface area contributed by atoms with Gasteiger partial charge >= 0.3 is 17.9 Å². The van der Waals surface area contributed by atoms with E-state index in [0.717, 1.165) is 54.6 Å².